The summed E-state index contributed by atoms with van der Waals surface area (Å²) >= 11 is 0. The minimum absolute atomic E-state index is 0.0606. The number of nitrogens with one attached hydrogen (secondary N) is 1. The average Bonchev–Trinajstić information content (AvgIpc) is 2.19. The Morgan fingerprint density at radius 2 is 2.00 bits per heavy atom. The van der Waals surface area contributed by atoms with E-state index >= 15 is 0 Å². The summed E-state index contributed by atoms with van der Waals surface area (Å²) in [5, 5.41) is 11.3. The molecule has 2 N–H and O–H groups in total. The highest BCUT2D eigenvalue weighted by atomic mass is 19.4. The molecule has 2 nitrogen and oxygen atoms in total. The molecule has 0 heterocycles. The van der Waals surface area contributed by atoms with E-state index in [4.69, 9.17) is 5.11 Å². The maximum absolute atomic E-state index is 13.2. The molecular formula is C10H11F4NO. The van der Waals surface area contributed by atoms with Crippen LogP contribution in [0.15, 0.2) is 18.2 Å². The van der Waals surface area contributed by atoms with E-state index < -0.39 is 23.6 Å². The Kier molecular flexibility index (Phi) is 3.74. The molecule has 1 atom stereocenters. The molecule has 0 amide bonds. The molecule has 0 aliphatic heterocycles. The topological polar surface area (TPSA) is 32.3 Å². The van der Waals surface area contributed by atoms with Crippen LogP contribution in [0.2, 0.25) is 0 Å². The molecule has 0 aromatic heterocycles. The van der Waals surface area contributed by atoms with Crippen LogP contribution < -0.4 is 5.32 Å². The fourth-order valence-electron chi connectivity index (χ4n) is 1.12. The van der Waals surface area contributed by atoms with Gasteiger partial charge in [-0.15, -0.1) is 0 Å². The Morgan fingerprint density at radius 1 is 1.38 bits per heavy atom. The maximum Gasteiger partial charge on any atom is 0.416 e. The number of aliphatic hydroxyl groups is 1. The van der Waals surface area contributed by atoms with Gasteiger partial charge in [0.1, 0.15) is 5.82 Å². The number of alkyl halides is 3. The normalized spacial score (nSPS) is 13.6. The lowest BCUT2D eigenvalue weighted by Gasteiger charge is -2.14. The fraction of sp³-hybridized carbons (Fsp3) is 0.400. The predicted molar refractivity (Wildman–Crippen MR) is 51.6 cm³/mol. The summed E-state index contributed by atoms with van der Waals surface area (Å²) in [6.45, 7) is 1.34. The van der Waals surface area contributed by atoms with Crippen LogP contribution in [-0.2, 0) is 6.18 Å². The van der Waals surface area contributed by atoms with Gasteiger partial charge in [0.05, 0.1) is 17.9 Å². The summed E-state index contributed by atoms with van der Waals surface area (Å²) in [5.41, 5.74) is -1.10. The monoisotopic (exact) mass is 237 g/mol. The van der Waals surface area contributed by atoms with Gasteiger partial charge in [0.15, 0.2) is 0 Å². The average molecular weight is 237 g/mol. The van der Waals surface area contributed by atoms with E-state index in [1.54, 1.807) is 6.92 Å². The van der Waals surface area contributed by atoms with Gasteiger partial charge in [0.2, 0.25) is 0 Å². The van der Waals surface area contributed by atoms with Crippen molar-refractivity contribution >= 4 is 5.69 Å². The molecule has 0 spiro atoms. The summed E-state index contributed by atoms with van der Waals surface area (Å²) in [5.74, 6) is -0.991. The number of benzene rings is 1. The van der Waals surface area contributed by atoms with Crippen molar-refractivity contribution in [2.45, 2.75) is 19.1 Å². The van der Waals surface area contributed by atoms with Crippen LogP contribution in [0.25, 0.3) is 0 Å². The van der Waals surface area contributed by atoms with Gasteiger partial charge in [0.25, 0.3) is 0 Å². The van der Waals surface area contributed by atoms with Gasteiger partial charge >= 0.3 is 6.18 Å². The molecule has 0 saturated carbocycles. The number of hydrogen-bond donors (Lipinski definition) is 2. The highest BCUT2D eigenvalue weighted by Gasteiger charge is 2.31. The molecule has 1 rings (SSSR count). The third-order valence-electron chi connectivity index (χ3n) is 1.97. The Balaban J connectivity index is 2.92. The highest BCUT2D eigenvalue weighted by molar-refractivity contribution is 5.47. The quantitative estimate of drug-likeness (QED) is 0.792. The van der Waals surface area contributed by atoms with E-state index in [2.05, 4.69) is 5.32 Å². The second-order valence-corrected chi connectivity index (χ2v) is 3.42. The molecule has 0 bridgehead atoms. The number of aliphatic hydroxyl groups excluding tert-OH is 1. The standard InChI is InChI=1S/C10H11F4NO/c1-6(5-16)15-9-3-2-7(4-8(9)11)10(12,13)14/h2-4,6,15-16H,5H2,1H3. The molecule has 1 unspecified atom stereocenters. The molecule has 6 heteroatoms. The van der Waals surface area contributed by atoms with Crippen molar-refractivity contribution in [2.24, 2.45) is 0 Å². The van der Waals surface area contributed by atoms with Crippen LogP contribution >= 0.6 is 0 Å². The van der Waals surface area contributed by atoms with Crippen LogP contribution in [0.3, 0.4) is 0 Å². The van der Waals surface area contributed by atoms with Gasteiger partial charge in [-0.2, -0.15) is 13.2 Å². The van der Waals surface area contributed by atoms with Crippen molar-refractivity contribution in [1.82, 2.24) is 0 Å². The SMILES string of the molecule is CC(CO)Nc1ccc(C(F)(F)F)cc1F. The van der Waals surface area contributed by atoms with Gasteiger partial charge in [0, 0.05) is 6.04 Å². The second-order valence-electron chi connectivity index (χ2n) is 3.42. The molecule has 90 valence electrons. The molecule has 0 saturated heterocycles. The second kappa shape index (κ2) is 4.69. The number of halogens is 4. The molecule has 1 aromatic carbocycles. The van der Waals surface area contributed by atoms with Gasteiger partial charge in [-0.25, -0.2) is 4.39 Å². The molecule has 0 radical (unpaired) electrons. The summed E-state index contributed by atoms with van der Waals surface area (Å²) < 4.78 is 49.8. The first-order chi connectivity index (χ1) is 7.34. The molecular weight excluding hydrogens is 226 g/mol. The highest BCUT2D eigenvalue weighted by Crippen LogP contribution is 2.31. The van der Waals surface area contributed by atoms with Gasteiger partial charge in [-0.3, -0.25) is 0 Å². The first kappa shape index (κ1) is 12.8. The third-order valence-corrected chi connectivity index (χ3v) is 1.97. The van der Waals surface area contributed by atoms with E-state index in [-0.39, 0.29) is 12.3 Å². The zero-order chi connectivity index (χ0) is 12.3. The minimum atomic E-state index is -4.55. The number of rotatable bonds is 3. The van der Waals surface area contributed by atoms with Crippen molar-refractivity contribution in [3.63, 3.8) is 0 Å². The molecule has 0 fully saturated rings. The van der Waals surface area contributed by atoms with Crippen molar-refractivity contribution in [2.75, 3.05) is 11.9 Å². The zero-order valence-corrected chi connectivity index (χ0v) is 8.48. The van der Waals surface area contributed by atoms with Crippen molar-refractivity contribution in [3.8, 4) is 0 Å². The number of anilines is 1. The minimum Gasteiger partial charge on any atom is -0.394 e. The van der Waals surface area contributed by atoms with Crippen molar-refractivity contribution in [1.29, 1.82) is 0 Å². The fourth-order valence-corrected chi connectivity index (χ4v) is 1.12. The Hall–Kier alpha value is -1.30. The molecule has 16 heavy (non-hydrogen) atoms. The first-order valence-electron chi connectivity index (χ1n) is 4.58. The van der Waals surface area contributed by atoms with Crippen LogP contribution in [0, 0.1) is 5.82 Å². The van der Waals surface area contributed by atoms with Crippen LogP contribution in [0.5, 0.6) is 0 Å². The first-order valence-corrected chi connectivity index (χ1v) is 4.58. The lowest BCUT2D eigenvalue weighted by atomic mass is 10.2. The molecule has 1 aromatic rings. The van der Waals surface area contributed by atoms with Crippen LogP contribution in [-0.4, -0.2) is 17.8 Å². The van der Waals surface area contributed by atoms with Gasteiger partial charge in [-0.05, 0) is 25.1 Å². The van der Waals surface area contributed by atoms with Gasteiger partial charge < -0.3 is 10.4 Å². The third kappa shape index (κ3) is 3.10. The summed E-state index contributed by atoms with van der Waals surface area (Å²) in [6, 6.07) is 1.79. The zero-order valence-electron chi connectivity index (χ0n) is 8.48. The van der Waals surface area contributed by atoms with Crippen LogP contribution in [0.1, 0.15) is 12.5 Å². The predicted octanol–water partition coefficient (Wildman–Crippen LogP) is 2.64. The Bertz CT molecular complexity index is 364. The summed E-state index contributed by atoms with van der Waals surface area (Å²) in [4.78, 5) is 0. The Labute approximate surface area is 89.9 Å². The van der Waals surface area contributed by atoms with Crippen molar-refractivity contribution < 1.29 is 22.7 Å². The van der Waals surface area contributed by atoms with Gasteiger partial charge in [-0.1, -0.05) is 0 Å². The summed E-state index contributed by atoms with van der Waals surface area (Å²) in [6.07, 6.45) is -4.55. The number of hydrogen-bond acceptors (Lipinski definition) is 2. The van der Waals surface area contributed by atoms with E-state index in [9.17, 15) is 17.6 Å². The van der Waals surface area contributed by atoms with E-state index in [1.165, 1.54) is 0 Å². The summed E-state index contributed by atoms with van der Waals surface area (Å²) in [7, 11) is 0. The van der Waals surface area contributed by atoms with E-state index in [0.29, 0.717) is 6.07 Å². The van der Waals surface area contributed by atoms with E-state index in [1.807, 2.05) is 0 Å². The lowest BCUT2D eigenvalue weighted by Crippen LogP contribution is -2.20. The maximum atomic E-state index is 13.2. The van der Waals surface area contributed by atoms with E-state index in [0.717, 1.165) is 12.1 Å². The lowest BCUT2D eigenvalue weighted by molar-refractivity contribution is -0.137. The van der Waals surface area contributed by atoms with Crippen LogP contribution in [0.4, 0.5) is 23.2 Å². The smallest absolute Gasteiger partial charge is 0.394 e. The molecule has 0 aliphatic carbocycles. The van der Waals surface area contributed by atoms with Crippen molar-refractivity contribution in [3.05, 3.63) is 29.6 Å². The molecule has 0 aliphatic rings. The largest absolute Gasteiger partial charge is 0.416 e. The Morgan fingerprint density at radius 3 is 2.44 bits per heavy atom.